The maximum atomic E-state index is 8.74. The molecule has 0 saturated carbocycles. The normalized spacial score (nSPS) is 9.94. The number of aromatic nitrogens is 2. The molecule has 2 N–H and O–H groups in total. The number of ether oxygens (including phenoxy) is 1. The van der Waals surface area contributed by atoms with E-state index in [1.54, 1.807) is 10.9 Å². The van der Waals surface area contributed by atoms with E-state index < -0.39 is 0 Å². The number of nitrogens with two attached hydrogens (primary N) is 1. The summed E-state index contributed by atoms with van der Waals surface area (Å²) in [7, 11) is 0. The number of anilines is 1. The number of nitriles is 1. The zero-order chi connectivity index (χ0) is 12.8. The number of benzene rings is 1. The third kappa shape index (κ3) is 3.01. The number of para-hydroxylation sites is 1. The minimum Gasteiger partial charge on any atom is -0.494 e. The van der Waals surface area contributed by atoms with Crippen LogP contribution in [-0.4, -0.2) is 16.4 Å². The van der Waals surface area contributed by atoms with Crippen molar-refractivity contribution in [1.29, 1.82) is 5.26 Å². The van der Waals surface area contributed by atoms with Crippen LogP contribution in [-0.2, 0) is 6.54 Å². The van der Waals surface area contributed by atoms with Crippen LogP contribution in [0.25, 0.3) is 0 Å². The van der Waals surface area contributed by atoms with E-state index in [1.807, 2.05) is 36.4 Å². The Bertz CT molecular complexity index is 542. The molecule has 0 bridgehead atoms. The van der Waals surface area contributed by atoms with Gasteiger partial charge in [-0.2, -0.15) is 10.4 Å². The zero-order valence-corrected chi connectivity index (χ0v) is 9.91. The summed E-state index contributed by atoms with van der Waals surface area (Å²) in [6, 6.07) is 11.6. The zero-order valence-electron chi connectivity index (χ0n) is 9.91. The predicted octanol–water partition coefficient (Wildman–Crippen LogP) is 1.81. The first-order valence-electron chi connectivity index (χ1n) is 5.70. The van der Waals surface area contributed by atoms with Gasteiger partial charge in [-0.25, -0.2) is 0 Å². The number of nitrogen functional groups attached to an aromatic ring is 1. The lowest BCUT2D eigenvalue weighted by atomic mass is 10.3. The van der Waals surface area contributed by atoms with Crippen molar-refractivity contribution < 1.29 is 4.74 Å². The largest absolute Gasteiger partial charge is 0.494 e. The summed E-state index contributed by atoms with van der Waals surface area (Å²) >= 11 is 0. The van der Waals surface area contributed by atoms with E-state index in [0.717, 1.165) is 12.2 Å². The van der Waals surface area contributed by atoms with Crippen LogP contribution >= 0.6 is 0 Å². The van der Waals surface area contributed by atoms with E-state index >= 15 is 0 Å². The molecule has 0 amide bonds. The van der Waals surface area contributed by atoms with Crippen LogP contribution in [0.1, 0.15) is 12.0 Å². The van der Waals surface area contributed by atoms with Crippen LogP contribution in [0.15, 0.2) is 36.5 Å². The molecule has 92 valence electrons. The molecule has 0 atom stereocenters. The van der Waals surface area contributed by atoms with Crippen LogP contribution < -0.4 is 10.5 Å². The van der Waals surface area contributed by atoms with Gasteiger partial charge in [0.2, 0.25) is 0 Å². The van der Waals surface area contributed by atoms with Gasteiger partial charge in [-0.3, -0.25) is 4.68 Å². The van der Waals surface area contributed by atoms with E-state index in [0.29, 0.717) is 18.7 Å². The highest BCUT2D eigenvalue weighted by Gasteiger charge is 2.03. The maximum absolute atomic E-state index is 8.74. The van der Waals surface area contributed by atoms with Crippen molar-refractivity contribution >= 4 is 5.82 Å². The van der Waals surface area contributed by atoms with Crippen LogP contribution in [0.3, 0.4) is 0 Å². The van der Waals surface area contributed by atoms with Gasteiger partial charge >= 0.3 is 0 Å². The Kier molecular flexibility index (Phi) is 3.82. The Balaban J connectivity index is 1.77. The third-order valence-electron chi connectivity index (χ3n) is 2.45. The Hall–Kier alpha value is -2.48. The van der Waals surface area contributed by atoms with Crippen molar-refractivity contribution in [2.75, 3.05) is 12.3 Å². The van der Waals surface area contributed by atoms with Gasteiger partial charge in [0.05, 0.1) is 6.61 Å². The lowest BCUT2D eigenvalue weighted by Crippen LogP contribution is -2.05. The van der Waals surface area contributed by atoms with E-state index in [1.165, 1.54) is 0 Å². The molecule has 0 saturated heterocycles. The van der Waals surface area contributed by atoms with E-state index in [-0.39, 0.29) is 5.82 Å². The van der Waals surface area contributed by atoms with Crippen molar-refractivity contribution in [3.63, 3.8) is 0 Å². The highest BCUT2D eigenvalue weighted by Crippen LogP contribution is 2.10. The van der Waals surface area contributed by atoms with Crippen molar-refractivity contribution in [2.45, 2.75) is 13.0 Å². The summed E-state index contributed by atoms with van der Waals surface area (Å²) in [6.07, 6.45) is 2.46. The first-order valence-corrected chi connectivity index (χ1v) is 5.70. The van der Waals surface area contributed by atoms with Crippen molar-refractivity contribution in [3.05, 3.63) is 42.1 Å². The van der Waals surface area contributed by atoms with E-state index in [2.05, 4.69) is 5.10 Å². The molecule has 0 aliphatic rings. The smallest absolute Gasteiger partial charge is 0.163 e. The molecule has 0 spiro atoms. The second-order valence-electron chi connectivity index (χ2n) is 3.82. The fourth-order valence-corrected chi connectivity index (χ4v) is 1.57. The van der Waals surface area contributed by atoms with Gasteiger partial charge < -0.3 is 10.5 Å². The third-order valence-corrected chi connectivity index (χ3v) is 2.45. The van der Waals surface area contributed by atoms with Gasteiger partial charge in [-0.1, -0.05) is 18.2 Å². The molecule has 0 aliphatic carbocycles. The molecule has 2 aromatic rings. The summed E-state index contributed by atoms with van der Waals surface area (Å²) < 4.78 is 7.22. The maximum Gasteiger partial charge on any atom is 0.163 e. The number of hydrogen-bond acceptors (Lipinski definition) is 4. The molecule has 0 radical (unpaired) electrons. The highest BCUT2D eigenvalue weighted by molar-refractivity contribution is 5.46. The number of nitrogens with zero attached hydrogens (tertiary/aromatic N) is 3. The first kappa shape index (κ1) is 12.0. The summed E-state index contributed by atoms with van der Waals surface area (Å²) in [5.74, 6) is 1.14. The summed E-state index contributed by atoms with van der Waals surface area (Å²) in [5, 5.41) is 12.8. The number of hydrogen-bond donors (Lipinski definition) is 1. The number of aryl methyl sites for hydroxylation is 1. The first-order chi connectivity index (χ1) is 8.79. The fraction of sp³-hybridized carbons (Fsp3) is 0.231. The van der Waals surface area contributed by atoms with Gasteiger partial charge in [-0.15, -0.1) is 0 Å². The van der Waals surface area contributed by atoms with E-state index in [4.69, 9.17) is 15.7 Å². The highest BCUT2D eigenvalue weighted by atomic mass is 16.5. The topological polar surface area (TPSA) is 76.9 Å². The molecule has 5 heteroatoms. The minimum absolute atomic E-state index is 0.279. The van der Waals surface area contributed by atoms with E-state index in [9.17, 15) is 0 Å². The van der Waals surface area contributed by atoms with Crippen LogP contribution in [0, 0.1) is 11.3 Å². The second kappa shape index (κ2) is 5.73. The average molecular weight is 242 g/mol. The molecule has 1 heterocycles. The molecule has 0 aliphatic heterocycles. The number of rotatable bonds is 5. The standard InChI is InChI=1S/C13H14N4O/c14-9-11-10-17(16-13(11)15)7-4-8-18-12-5-2-1-3-6-12/h1-3,5-6,10H,4,7-8H2,(H2,15,16). The quantitative estimate of drug-likeness (QED) is 0.811. The molecular formula is C13H14N4O. The molecule has 5 nitrogen and oxygen atoms in total. The predicted molar refractivity (Wildman–Crippen MR) is 67.9 cm³/mol. The van der Waals surface area contributed by atoms with Crippen LogP contribution in [0.5, 0.6) is 5.75 Å². The lowest BCUT2D eigenvalue weighted by Gasteiger charge is -2.05. The SMILES string of the molecule is N#Cc1cn(CCCOc2ccccc2)nc1N. The molecule has 1 aromatic heterocycles. The van der Waals surface area contributed by atoms with Crippen molar-refractivity contribution in [3.8, 4) is 11.8 Å². The van der Waals surface area contributed by atoms with Gasteiger partial charge in [0.15, 0.2) is 5.82 Å². The average Bonchev–Trinajstić information content (AvgIpc) is 2.76. The molecular weight excluding hydrogens is 228 g/mol. The summed E-state index contributed by atoms with van der Waals surface area (Å²) in [6.45, 7) is 1.28. The molecule has 18 heavy (non-hydrogen) atoms. The van der Waals surface area contributed by atoms with Crippen molar-refractivity contribution in [2.24, 2.45) is 0 Å². The Labute approximate surface area is 105 Å². The monoisotopic (exact) mass is 242 g/mol. The van der Waals surface area contributed by atoms with Crippen molar-refractivity contribution in [1.82, 2.24) is 9.78 Å². The molecule has 0 fully saturated rings. The van der Waals surface area contributed by atoms with Gasteiger partial charge in [0, 0.05) is 19.2 Å². The summed E-state index contributed by atoms with van der Waals surface area (Å²) in [4.78, 5) is 0. The fourth-order valence-electron chi connectivity index (χ4n) is 1.57. The molecule has 0 unspecified atom stereocenters. The second-order valence-corrected chi connectivity index (χ2v) is 3.82. The lowest BCUT2D eigenvalue weighted by molar-refractivity contribution is 0.298. The Morgan fingerprint density at radius 3 is 2.78 bits per heavy atom. The van der Waals surface area contributed by atoms with Gasteiger partial charge in [0.25, 0.3) is 0 Å². The van der Waals surface area contributed by atoms with Crippen LogP contribution in [0.4, 0.5) is 5.82 Å². The Morgan fingerprint density at radius 1 is 1.33 bits per heavy atom. The molecule has 2 rings (SSSR count). The Morgan fingerprint density at radius 2 is 2.11 bits per heavy atom. The molecule has 1 aromatic carbocycles. The van der Waals surface area contributed by atoms with Crippen LogP contribution in [0.2, 0.25) is 0 Å². The van der Waals surface area contributed by atoms with Gasteiger partial charge in [0.1, 0.15) is 17.4 Å². The minimum atomic E-state index is 0.279. The summed E-state index contributed by atoms with van der Waals surface area (Å²) in [5.41, 5.74) is 5.98. The van der Waals surface area contributed by atoms with Gasteiger partial charge in [-0.05, 0) is 12.1 Å².